The van der Waals surface area contributed by atoms with E-state index in [1.165, 1.54) is 0 Å². The molecule has 2 amide bonds. The summed E-state index contributed by atoms with van der Waals surface area (Å²) in [5.74, 6) is 0.182. The van der Waals surface area contributed by atoms with E-state index in [-0.39, 0.29) is 11.3 Å². The summed E-state index contributed by atoms with van der Waals surface area (Å²) in [6.45, 7) is 1.78. The molecule has 87 valence electrons. The molecule has 1 saturated carbocycles. The van der Waals surface area contributed by atoms with Gasteiger partial charge in [0.1, 0.15) is 6.10 Å². The zero-order valence-electron chi connectivity index (χ0n) is 9.02. The van der Waals surface area contributed by atoms with E-state index in [1.807, 2.05) is 0 Å². The fourth-order valence-electron chi connectivity index (χ4n) is 2.48. The minimum atomic E-state index is -0.488. The van der Waals surface area contributed by atoms with Crippen molar-refractivity contribution in [2.24, 2.45) is 17.1 Å². The zero-order chi connectivity index (χ0) is 11.3. The van der Waals surface area contributed by atoms with Crippen molar-refractivity contribution in [1.29, 1.82) is 0 Å². The van der Waals surface area contributed by atoms with E-state index >= 15 is 0 Å². The molecule has 5 nitrogen and oxygen atoms in total. The van der Waals surface area contributed by atoms with Crippen molar-refractivity contribution in [3.05, 3.63) is 6.42 Å². The van der Waals surface area contributed by atoms with Gasteiger partial charge in [-0.1, -0.05) is 0 Å². The molecule has 0 bridgehead atoms. The van der Waals surface area contributed by atoms with E-state index in [2.05, 4.69) is 0 Å². The summed E-state index contributed by atoms with van der Waals surface area (Å²) in [5.41, 5.74) is 5.05. The highest BCUT2D eigenvalue weighted by Gasteiger charge is 2.60. The van der Waals surface area contributed by atoms with Crippen LogP contribution in [-0.2, 0) is 14.3 Å². The molecule has 0 unspecified atom stereocenters. The standard InChI is InChI=1S/C11H15N2O3/c12-10(15)9-11(6-16-9)4-13(5-11)8(14)3-7-1-2-7/h3,7,9H,1-2,4-6H2,(H2,12,15)/t9-/m0/s1. The van der Waals surface area contributed by atoms with Crippen molar-refractivity contribution in [3.63, 3.8) is 0 Å². The van der Waals surface area contributed by atoms with Gasteiger partial charge in [0.2, 0.25) is 11.8 Å². The molecule has 3 rings (SSSR count). The Morgan fingerprint density at radius 2 is 2.06 bits per heavy atom. The molecule has 1 spiro atoms. The number of nitrogens with zero attached hydrogens (tertiary/aromatic N) is 1. The molecule has 2 aliphatic heterocycles. The molecule has 2 heterocycles. The van der Waals surface area contributed by atoms with Crippen LogP contribution in [0.15, 0.2) is 0 Å². The fourth-order valence-corrected chi connectivity index (χ4v) is 2.48. The largest absolute Gasteiger partial charge is 0.367 e. The van der Waals surface area contributed by atoms with Crippen LogP contribution in [0.5, 0.6) is 0 Å². The molecule has 1 radical (unpaired) electrons. The molecule has 3 fully saturated rings. The first kappa shape index (κ1) is 10.1. The lowest BCUT2D eigenvalue weighted by Crippen LogP contribution is -2.74. The highest BCUT2D eigenvalue weighted by molar-refractivity contribution is 5.87. The third-order valence-electron chi connectivity index (χ3n) is 3.68. The van der Waals surface area contributed by atoms with E-state index in [0.717, 1.165) is 12.8 Å². The van der Waals surface area contributed by atoms with Gasteiger partial charge < -0.3 is 15.4 Å². The predicted molar refractivity (Wildman–Crippen MR) is 55.0 cm³/mol. The number of likely N-dealkylation sites (tertiary alicyclic amines) is 1. The average Bonchev–Trinajstić information content (AvgIpc) is 2.82. The van der Waals surface area contributed by atoms with E-state index in [1.54, 1.807) is 11.3 Å². The average molecular weight is 223 g/mol. The van der Waals surface area contributed by atoms with Crippen molar-refractivity contribution in [1.82, 2.24) is 4.90 Å². The van der Waals surface area contributed by atoms with Gasteiger partial charge in [0.25, 0.3) is 0 Å². The molecule has 0 aromatic carbocycles. The first-order valence-electron chi connectivity index (χ1n) is 5.65. The lowest BCUT2D eigenvalue weighted by molar-refractivity contribution is -0.236. The molecule has 2 saturated heterocycles. The lowest BCUT2D eigenvalue weighted by atomic mass is 9.71. The number of amides is 2. The molecule has 5 heteroatoms. The van der Waals surface area contributed by atoms with Crippen LogP contribution in [0.2, 0.25) is 0 Å². The minimum Gasteiger partial charge on any atom is -0.367 e. The Balaban J connectivity index is 1.53. The summed E-state index contributed by atoms with van der Waals surface area (Å²) in [5, 5.41) is 0. The summed E-state index contributed by atoms with van der Waals surface area (Å²) in [7, 11) is 0. The highest BCUT2D eigenvalue weighted by Crippen LogP contribution is 2.44. The Labute approximate surface area is 93.9 Å². The van der Waals surface area contributed by atoms with Gasteiger partial charge in [0, 0.05) is 13.1 Å². The lowest BCUT2D eigenvalue weighted by Gasteiger charge is -2.58. The van der Waals surface area contributed by atoms with Gasteiger partial charge in [0.15, 0.2) is 0 Å². The predicted octanol–water partition coefficient (Wildman–Crippen LogP) is -0.687. The van der Waals surface area contributed by atoms with Gasteiger partial charge in [-0.25, -0.2) is 0 Å². The number of hydrogen-bond acceptors (Lipinski definition) is 3. The number of nitrogens with two attached hydrogens (primary N) is 1. The van der Waals surface area contributed by atoms with Crippen molar-refractivity contribution in [2.75, 3.05) is 19.7 Å². The second kappa shape index (κ2) is 3.20. The number of hydrogen-bond donors (Lipinski definition) is 1. The summed E-state index contributed by atoms with van der Waals surface area (Å²) < 4.78 is 5.15. The topological polar surface area (TPSA) is 72.6 Å². The number of carbonyl (C=O) groups excluding carboxylic acids is 2. The smallest absolute Gasteiger partial charge is 0.247 e. The molecule has 1 aliphatic carbocycles. The van der Waals surface area contributed by atoms with Gasteiger partial charge in [-0.05, 0) is 18.8 Å². The number of carbonyl (C=O) groups is 2. The van der Waals surface area contributed by atoms with Crippen LogP contribution < -0.4 is 5.73 Å². The highest BCUT2D eigenvalue weighted by atomic mass is 16.5. The first-order valence-corrected chi connectivity index (χ1v) is 5.65. The molecule has 0 aromatic rings. The maximum absolute atomic E-state index is 11.7. The Morgan fingerprint density at radius 1 is 1.38 bits per heavy atom. The normalized spacial score (nSPS) is 30.8. The summed E-state index contributed by atoms with van der Waals surface area (Å²) in [6, 6.07) is 0. The molecule has 2 N–H and O–H groups in total. The molecule has 16 heavy (non-hydrogen) atoms. The van der Waals surface area contributed by atoms with Crippen molar-refractivity contribution in [2.45, 2.75) is 18.9 Å². The molecular weight excluding hydrogens is 208 g/mol. The quantitative estimate of drug-likeness (QED) is 0.688. The van der Waals surface area contributed by atoms with Crippen LogP contribution in [0.25, 0.3) is 0 Å². The third kappa shape index (κ3) is 1.42. The van der Waals surface area contributed by atoms with E-state index in [4.69, 9.17) is 10.5 Å². The Morgan fingerprint density at radius 3 is 2.50 bits per heavy atom. The molecular formula is C11H15N2O3. The Bertz CT molecular complexity index is 345. The second-order valence-electron chi connectivity index (χ2n) is 5.15. The van der Waals surface area contributed by atoms with Crippen LogP contribution in [0.1, 0.15) is 12.8 Å². The molecule has 3 aliphatic rings. The monoisotopic (exact) mass is 223 g/mol. The van der Waals surface area contributed by atoms with E-state index in [0.29, 0.717) is 25.6 Å². The fraction of sp³-hybridized carbons (Fsp3) is 0.727. The SMILES string of the molecule is NC(=O)[C@@H]1OCC12CN(C(=O)[CH]C1CC1)C2. The van der Waals surface area contributed by atoms with Crippen LogP contribution in [-0.4, -0.2) is 42.5 Å². The first-order chi connectivity index (χ1) is 7.61. The maximum Gasteiger partial charge on any atom is 0.247 e. The van der Waals surface area contributed by atoms with Crippen molar-refractivity contribution >= 4 is 11.8 Å². The van der Waals surface area contributed by atoms with Crippen LogP contribution in [0.4, 0.5) is 0 Å². The zero-order valence-corrected chi connectivity index (χ0v) is 9.02. The number of primary amides is 1. The third-order valence-corrected chi connectivity index (χ3v) is 3.68. The Hall–Kier alpha value is -1.10. The summed E-state index contributed by atoms with van der Waals surface area (Å²) in [6.07, 6.45) is 3.58. The number of ether oxygens (including phenoxy) is 1. The minimum absolute atomic E-state index is 0.100. The summed E-state index contributed by atoms with van der Waals surface area (Å²) in [4.78, 5) is 24.5. The maximum atomic E-state index is 11.7. The van der Waals surface area contributed by atoms with Crippen LogP contribution in [0, 0.1) is 17.8 Å². The van der Waals surface area contributed by atoms with E-state index < -0.39 is 12.0 Å². The van der Waals surface area contributed by atoms with Gasteiger partial charge in [-0.3, -0.25) is 9.59 Å². The van der Waals surface area contributed by atoms with Gasteiger partial charge in [-0.2, -0.15) is 0 Å². The Kier molecular flexibility index (Phi) is 2.01. The van der Waals surface area contributed by atoms with Gasteiger partial charge in [-0.15, -0.1) is 0 Å². The van der Waals surface area contributed by atoms with E-state index in [9.17, 15) is 9.59 Å². The van der Waals surface area contributed by atoms with Gasteiger partial charge in [0.05, 0.1) is 18.4 Å². The molecule has 1 atom stereocenters. The number of rotatable bonds is 3. The van der Waals surface area contributed by atoms with Crippen LogP contribution in [0.3, 0.4) is 0 Å². The van der Waals surface area contributed by atoms with Crippen LogP contribution >= 0.6 is 0 Å². The molecule has 0 aromatic heterocycles. The van der Waals surface area contributed by atoms with Crippen molar-refractivity contribution < 1.29 is 14.3 Å². The summed E-state index contributed by atoms with van der Waals surface area (Å²) >= 11 is 0. The van der Waals surface area contributed by atoms with Gasteiger partial charge >= 0.3 is 0 Å². The second-order valence-corrected chi connectivity index (χ2v) is 5.15. The van der Waals surface area contributed by atoms with Crippen molar-refractivity contribution in [3.8, 4) is 0 Å².